The van der Waals surface area contributed by atoms with Gasteiger partial charge >= 0.3 is 18.1 Å². The summed E-state index contributed by atoms with van der Waals surface area (Å²) >= 11 is 0. The third-order valence-electron chi connectivity index (χ3n) is 4.52. The predicted molar refractivity (Wildman–Crippen MR) is 103 cm³/mol. The Balaban J connectivity index is 2.06. The van der Waals surface area contributed by atoms with E-state index in [4.69, 9.17) is 4.74 Å². The van der Waals surface area contributed by atoms with E-state index in [9.17, 15) is 27.9 Å². The van der Waals surface area contributed by atoms with Gasteiger partial charge in [0.2, 0.25) is 0 Å². The minimum absolute atomic E-state index is 0.0957. The molecule has 0 atom stereocenters. The minimum atomic E-state index is -4.34. The molecule has 2 aromatic carbocycles. The van der Waals surface area contributed by atoms with Gasteiger partial charge in [-0.25, -0.2) is 14.6 Å². The second kappa shape index (κ2) is 8.05. The molecule has 7 nitrogen and oxygen atoms in total. The molecule has 158 valence electrons. The maximum Gasteiger partial charge on any atom is 0.390 e. The van der Waals surface area contributed by atoms with Gasteiger partial charge in [-0.05, 0) is 42.8 Å². The van der Waals surface area contributed by atoms with E-state index in [-0.39, 0.29) is 11.3 Å². The van der Waals surface area contributed by atoms with Crippen LogP contribution < -0.4 is 5.32 Å². The van der Waals surface area contributed by atoms with Crippen LogP contribution in [0.5, 0.6) is 0 Å². The fourth-order valence-corrected chi connectivity index (χ4v) is 3.06. The first-order chi connectivity index (χ1) is 14.1. The Hall–Kier alpha value is -3.56. The zero-order valence-corrected chi connectivity index (χ0v) is 16.1. The molecule has 3 rings (SSSR count). The molecule has 0 aliphatic carbocycles. The number of carbonyl (C=O) groups is 2. The standard InChI is InChI=1S/C20H18F3N3O4/c1-11-7-13(3-4-14(11)19(29)30-2)26-10-25-17-15(24-6-5-20(21,22)23)8-12(18(27)28)9-16(17)26/h3-4,7-10,24H,5-6H2,1-2H3,(H,27,28). The second-order valence-electron chi connectivity index (χ2n) is 6.59. The molecule has 30 heavy (non-hydrogen) atoms. The van der Waals surface area contributed by atoms with Crippen LogP contribution in [0.3, 0.4) is 0 Å². The van der Waals surface area contributed by atoms with Gasteiger partial charge < -0.3 is 15.2 Å². The van der Waals surface area contributed by atoms with Crippen LogP contribution >= 0.6 is 0 Å². The van der Waals surface area contributed by atoms with Crippen LogP contribution in [-0.4, -0.2) is 46.4 Å². The third kappa shape index (κ3) is 4.37. The van der Waals surface area contributed by atoms with Crippen molar-refractivity contribution in [1.29, 1.82) is 0 Å². The van der Waals surface area contributed by atoms with E-state index in [0.29, 0.717) is 27.8 Å². The number of ether oxygens (including phenoxy) is 1. The number of benzene rings is 2. The summed E-state index contributed by atoms with van der Waals surface area (Å²) in [7, 11) is 1.28. The average molecular weight is 421 g/mol. The lowest BCUT2D eigenvalue weighted by molar-refractivity contribution is -0.131. The lowest BCUT2D eigenvalue weighted by Gasteiger charge is -2.12. The van der Waals surface area contributed by atoms with Gasteiger partial charge in [-0.15, -0.1) is 0 Å². The molecule has 0 unspecified atom stereocenters. The molecule has 10 heteroatoms. The van der Waals surface area contributed by atoms with Gasteiger partial charge in [0.05, 0.1) is 35.9 Å². The molecule has 0 radical (unpaired) electrons. The molecule has 0 bridgehead atoms. The molecule has 0 aliphatic rings. The van der Waals surface area contributed by atoms with Crippen molar-refractivity contribution in [3.8, 4) is 5.69 Å². The Morgan fingerprint density at radius 2 is 1.97 bits per heavy atom. The number of hydrogen-bond donors (Lipinski definition) is 2. The van der Waals surface area contributed by atoms with E-state index in [1.165, 1.54) is 25.6 Å². The first kappa shape index (κ1) is 21.2. The molecule has 0 aliphatic heterocycles. The highest BCUT2D eigenvalue weighted by Gasteiger charge is 2.26. The van der Waals surface area contributed by atoms with Crippen molar-refractivity contribution in [2.75, 3.05) is 19.0 Å². The van der Waals surface area contributed by atoms with Crippen LogP contribution in [0.25, 0.3) is 16.7 Å². The van der Waals surface area contributed by atoms with E-state index in [1.54, 1.807) is 29.7 Å². The van der Waals surface area contributed by atoms with Gasteiger partial charge in [-0.3, -0.25) is 4.57 Å². The van der Waals surface area contributed by atoms with Gasteiger partial charge in [-0.2, -0.15) is 13.2 Å². The van der Waals surface area contributed by atoms with Crippen molar-refractivity contribution in [1.82, 2.24) is 9.55 Å². The summed E-state index contributed by atoms with van der Waals surface area (Å²) in [5.74, 6) is -1.71. The summed E-state index contributed by atoms with van der Waals surface area (Å²) in [6, 6.07) is 7.57. The lowest BCUT2D eigenvalue weighted by Crippen LogP contribution is -2.15. The summed E-state index contributed by atoms with van der Waals surface area (Å²) in [6.45, 7) is 1.31. The zero-order chi connectivity index (χ0) is 22.1. The van der Waals surface area contributed by atoms with Crippen LogP contribution in [0, 0.1) is 6.92 Å². The van der Waals surface area contributed by atoms with Crippen molar-refractivity contribution in [3.63, 3.8) is 0 Å². The predicted octanol–water partition coefficient (Wildman–Crippen LogP) is 4.18. The minimum Gasteiger partial charge on any atom is -0.478 e. The smallest absolute Gasteiger partial charge is 0.390 e. The fraction of sp³-hybridized carbons (Fsp3) is 0.250. The van der Waals surface area contributed by atoms with Crippen molar-refractivity contribution in [2.24, 2.45) is 0 Å². The highest BCUT2D eigenvalue weighted by Crippen LogP contribution is 2.28. The van der Waals surface area contributed by atoms with Crippen molar-refractivity contribution in [3.05, 3.63) is 53.3 Å². The summed E-state index contributed by atoms with van der Waals surface area (Å²) in [4.78, 5) is 27.6. The number of esters is 1. The molecule has 0 spiro atoms. The number of carboxylic acid groups (broad SMARTS) is 1. The van der Waals surface area contributed by atoms with Crippen molar-refractivity contribution in [2.45, 2.75) is 19.5 Å². The second-order valence-corrected chi connectivity index (χ2v) is 6.59. The highest BCUT2D eigenvalue weighted by molar-refractivity contribution is 5.99. The molecular formula is C20H18F3N3O4. The number of aromatic carboxylic acids is 1. The average Bonchev–Trinajstić information content (AvgIpc) is 3.10. The van der Waals surface area contributed by atoms with Gasteiger partial charge in [-0.1, -0.05) is 0 Å². The van der Waals surface area contributed by atoms with Crippen molar-refractivity contribution >= 4 is 28.7 Å². The van der Waals surface area contributed by atoms with Gasteiger partial charge in [0.15, 0.2) is 0 Å². The summed E-state index contributed by atoms with van der Waals surface area (Å²) in [6.07, 6.45) is -3.96. The van der Waals surface area contributed by atoms with Gasteiger partial charge in [0, 0.05) is 12.2 Å². The Morgan fingerprint density at radius 3 is 2.57 bits per heavy atom. The largest absolute Gasteiger partial charge is 0.478 e. The molecule has 2 N–H and O–H groups in total. The molecule has 1 heterocycles. The number of alkyl halides is 3. The number of methoxy groups -OCH3 is 1. The molecule has 0 saturated carbocycles. The summed E-state index contributed by atoms with van der Waals surface area (Å²) in [5.41, 5.74) is 2.45. The lowest BCUT2D eigenvalue weighted by atomic mass is 10.1. The fourth-order valence-electron chi connectivity index (χ4n) is 3.06. The van der Waals surface area contributed by atoms with E-state index >= 15 is 0 Å². The molecule has 0 saturated heterocycles. The Bertz CT molecular complexity index is 1120. The van der Waals surface area contributed by atoms with Crippen LogP contribution in [0.1, 0.15) is 32.7 Å². The number of rotatable bonds is 6. The van der Waals surface area contributed by atoms with Gasteiger partial charge in [0.1, 0.15) is 11.8 Å². The SMILES string of the molecule is COC(=O)c1ccc(-n2cnc3c(NCCC(F)(F)F)cc(C(=O)O)cc32)cc1C. The summed E-state index contributed by atoms with van der Waals surface area (Å²) < 4.78 is 43.7. The Kier molecular flexibility index (Phi) is 5.68. The van der Waals surface area contributed by atoms with Crippen LogP contribution in [0.4, 0.5) is 18.9 Å². The number of carbonyl (C=O) groups excluding carboxylic acids is 1. The van der Waals surface area contributed by atoms with Crippen molar-refractivity contribution < 1.29 is 32.6 Å². The normalized spacial score (nSPS) is 11.5. The van der Waals surface area contributed by atoms with Gasteiger partial charge in [0.25, 0.3) is 0 Å². The molecule has 1 aromatic heterocycles. The van der Waals surface area contributed by atoms with E-state index in [2.05, 4.69) is 10.3 Å². The number of imidazole rings is 1. The number of fused-ring (bicyclic) bond motifs is 1. The number of carboxylic acids is 1. The molecule has 3 aromatic rings. The molecule has 0 amide bonds. The van der Waals surface area contributed by atoms with E-state index in [0.717, 1.165) is 0 Å². The first-order valence-corrected chi connectivity index (χ1v) is 8.85. The number of aromatic nitrogens is 2. The number of halogens is 3. The maximum atomic E-state index is 12.5. The maximum absolute atomic E-state index is 12.5. The van der Waals surface area contributed by atoms with Crippen LogP contribution in [0.2, 0.25) is 0 Å². The monoisotopic (exact) mass is 421 g/mol. The third-order valence-corrected chi connectivity index (χ3v) is 4.52. The highest BCUT2D eigenvalue weighted by atomic mass is 19.4. The number of hydrogen-bond acceptors (Lipinski definition) is 5. The first-order valence-electron chi connectivity index (χ1n) is 8.85. The Morgan fingerprint density at radius 1 is 1.23 bits per heavy atom. The number of nitrogens with one attached hydrogen (secondary N) is 1. The molecular weight excluding hydrogens is 403 g/mol. The summed E-state index contributed by atoms with van der Waals surface area (Å²) in [5, 5.41) is 12.0. The number of anilines is 1. The number of aryl methyl sites for hydroxylation is 1. The zero-order valence-electron chi connectivity index (χ0n) is 16.1. The topological polar surface area (TPSA) is 93.5 Å². The van der Waals surface area contributed by atoms with E-state index < -0.39 is 31.1 Å². The Labute approximate surface area is 169 Å². The quantitative estimate of drug-likeness (QED) is 0.580. The molecule has 0 fully saturated rings. The number of nitrogens with zero attached hydrogens (tertiary/aromatic N) is 2. The van der Waals surface area contributed by atoms with Crippen LogP contribution in [0.15, 0.2) is 36.7 Å². The van der Waals surface area contributed by atoms with E-state index in [1.807, 2.05) is 0 Å². The van der Waals surface area contributed by atoms with Crippen LogP contribution in [-0.2, 0) is 4.74 Å².